The summed E-state index contributed by atoms with van der Waals surface area (Å²) in [6.07, 6.45) is 1.75. The molecule has 3 aromatic rings. The van der Waals surface area contributed by atoms with Crippen molar-refractivity contribution in [1.29, 1.82) is 0 Å². The summed E-state index contributed by atoms with van der Waals surface area (Å²) in [4.78, 5) is 11.2. The highest BCUT2D eigenvalue weighted by Gasteiger charge is 2.07. The van der Waals surface area contributed by atoms with E-state index in [2.05, 4.69) is 64.5 Å². The lowest BCUT2D eigenvalue weighted by Gasteiger charge is -2.22. The van der Waals surface area contributed by atoms with E-state index in [1.165, 1.54) is 11.3 Å². The van der Waals surface area contributed by atoms with Crippen molar-refractivity contribution in [3.05, 3.63) is 66.4 Å². The Morgan fingerprint density at radius 2 is 1.69 bits per heavy atom. The zero-order valence-electron chi connectivity index (χ0n) is 15.5. The molecule has 2 aromatic carbocycles. The van der Waals surface area contributed by atoms with Crippen molar-refractivity contribution in [3.8, 4) is 0 Å². The first-order valence-corrected chi connectivity index (χ1v) is 8.97. The van der Waals surface area contributed by atoms with Crippen LogP contribution in [0.5, 0.6) is 0 Å². The quantitative estimate of drug-likeness (QED) is 0.621. The van der Waals surface area contributed by atoms with Crippen LogP contribution in [0.2, 0.25) is 0 Å². The predicted molar refractivity (Wildman–Crippen MR) is 110 cm³/mol. The van der Waals surface area contributed by atoms with Gasteiger partial charge in [0.25, 0.3) is 0 Å². The Morgan fingerprint density at radius 1 is 0.923 bits per heavy atom. The summed E-state index contributed by atoms with van der Waals surface area (Å²) < 4.78 is 0. The van der Waals surface area contributed by atoms with E-state index in [0.717, 1.165) is 30.3 Å². The molecule has 0 amide bonds. The molecule has 0 saturated heterocycles. The Kier molecular flexibility index (Phi) is 5.69. The number of anilines is 5. The van der Waals surface area contributed by atoms with Gasteiger partial charge in [0.15, 0.2) is 0 Å². The summed E-state index contributed by atoms with van der Waals surface area (Å²) in [5.74, 6) is 1.33. The van der Waals surface area contributed by atoms with Gasteiger partial charge in [-0.05, 0) is 62.7 Å². The van der Waals surface area contributed by atoms with Gasteiger partial charge in [0.2, 0.25) is 5.95 Å². The number of nitrogens with one attached hydrogen (secondary N) is 2. The SMILES string of the molecule is CCN(CC)c1ccc(Nc2nccc(Nc3ccccc3)n2)c(C)c1. The Hall–Kier alpha value is -3.08. The van der Waals surface area contributed by atoms with Crippen LogP contribution in [0.25, 0.3) is 0 Å². The lowest BCUT2D eigenvalue weighted by Crippen LogP contribution is -2.21. The molecule has 0 aliphatic heterocycles. The highest BCUT2D eigenvalue weighted by atomic mass is 15.1. The van der Waals surface area contributed by atoms with E-state index in [4.69, 9.17) is 0 Å². The number of aryl methyl sites for hydroxylation is 1. The minimum atomic E-state index is 0.574. The number of aromatic nitrogens is 2. The van der Waals surface area contributed by atoms with Crippen LogP contribution in [0.15, 0.2) is 60.8 Å². The van der Waals surface area contributed by atoms with Crippen molar-refractivity contribution in [2.24, 2.45) is 0 Å². The molecule has 0 atom stereocenters. The second-order valence-corrected chi connectivity index (χ2v) is 6.05. The molecule has 5 nitrogen and oxygen atoms in total. The summed E-state index contributed by atoms with van der Waals surface area (Å²) >= 11 is 0. The molecule has 0 unspecified atom stereocenters. The molecule has 0 saturated carbocycles. The van der Waals surface area contributed by atoms with E-state index in [1.807, 2.05) is 36.4 Å². The Balaban J connectivity index is 1.76. The molecule has 3 rings (SSSR count). The van der Waals surface area contributed by atoms with Gasteiger partial charge < -0.3 is 15.5 Å². The monoisotopic (exact) mass is 347 g/mol. The Labute approximate surface area is 155 Å². The highest BCUT2D eigenvalue weighted by Crippen LogP contribution is 2.25. The summed E-state index contributed by atoms with van der Waals surface area (Å²) in [5.41, 5.74) is 4.41. The fourth-order valence-corrected chi connectivity index (χ4v) is 2.85. The van der Waals surface area contributed by atoms with E-state index >= 15 is 0 Å². The molecule has 5 heteroatoms. The van der Waals surface area contributed by atoms with Gasteiger partial charge in [-0.2, -0.15) is 4.98 Å². The lowest BCUT2D eigenvalue weighted by atomic mass is 10.1. The van der Waals surface area contributed by atoms with Crippen LogP contribution in [-0.2, 0) is 0 Å². The van der Waals surface area contributed by atoms with Crippen LogP contribution < -0.4 is 15.5 Å². The Bertz CT molecular complexity index is 844. The van der Waals surface area contributed by atoms with Crippen molar-refractivity contribution in [1.82, 2.24) is 9.97 Å². The van der Waals surface area contributed by atoms with E-state index in [1.54, 1.807) is 6.20 Å². The van der Waals surface area contributed by atoms with E-state index in [0.29, 0.717) is 5.95 Å². The first-order chi connectivity index (χ1) is 12.7. The topological polar surface area (TPSA) is 53.1 Å². The van der Waals surface area contributed by atoms with E-state index < -0.39 is 0 Å². The van der Waals surface area contributed by atoms with Gasteiger partial charge in [-0.15, -0.1) is 0 Å². The minimum absolute atomic E-state index is 0.574. The zero-order chi connectivity index (χ0) is 18.4. The van der Waals surface area contributed by atoms with E-state index in [-0.39, 0.29) is 0 Å². The van der Waals surface area contributed by atoms with Gasteiger partial charge in [-0.3, -0.25) is 0 Å². The number of hydrogen-bond donors (Lipinski definition) is 2. The molecular weight excluding hydrogens is 322 g/mol. The minimum Gasteiger partial charge on any atom is -0.372 e. The molecule has 0 radical (unpaired) electrons. The molecule has 1 heterocycles. The van der Waals surface area contributed by atoms with Crippen LogP contribution in [0.1, 0.15) is 19.4 Å². The average Bonchev–Trinajstić information content (AvgIpc) is 2.66. The maximum absolute atomic E-state index is 4.55. The number of benzene rings is 2. The third-order valence-corrected chi connectivity index (χ3v) is 4.29. The molecule has 2 N–H and O–H groups in total. The van der Waals surface area contributed by atoms with Crippen LogP contribution in [-0.4, -0.2) is 23.1 Å². The molecular formula is C21H25N5. The largest absolute Gasteiger partial charge is 0.372 e. The fourth-order valence-electron chi connectivity index (χ4n) is 2.85. The van der Waals surface area contributed by atoms with Crippen LogP contribution in [0, 0.1) is 6.92 Å². The second-order valence-electron chi connectivity index (χ2n) is 6.05. The summed E-state index contributed by atoms with van der Waals surface area (Å²) in [6.45, 7) is 8.44. The maximum Gasteiger partial charge on any atom is 0.229 e. The van der Waals surface area contributed by atoms with Gasteiger partial charge in [0.05, 0.1) is 0 Å². The van der Waals surface area contributed by atoms with Crippen LogP contribution >= 0.6 is 0 Å². The number of para-hydroxylation sites is 1. The summed E-state index contributed by atoms with van der Waals surface area (Å²) in [6, 6.07) is 18.3. The van der Waals surface area contributed by atoms with Crippen LogP contribution in [0.4, 0.5) is 28.8 Å². The van der Waals surface area contributed by atoms with Gasteiger partial charge in [-0.25, -0.2) is 4.98 Å². The third-order valence-electron chi connectivity index (χ3n) is 4.29. The van der Waals surface area contributed by atoms with Crippen molar-refractivity contribution in [2.45, 2.75) is 20.8 Å². The maximum atomic E-state index is 4.55. The second kappa shape index (κ2) is 8.34. The first kappa shape index (κ1) is 17.7. The van der Waals surface area contributed by atoms with Gasteiger partial charge in [-0.1, -0.05) is 18.2 Å². The summed E-state index contributed by atoms with van der Waals surface area (Å²) in [7, 11) is 0. The van der Waals surface area contributed by atoms with Crippen molar-refractivity contribution in [2.75, 3.05) is 28.6 Å². The molecule has 1 aromatic heterocycles. The first-order valence-electron chi connectivity index (χ1n) is 8.97. The van der Waals surface area contributed by atoms with E-state index in [9.17, 15) is 0 Å². The molecule has 0 spiro atoms. The third kappa shape index (κ3) is 4.30. The van der Waals surface area contributed by atoms with Crippen molar-refractivity contribution < 1.29 is 0 Å². The van der Waals surface area contributed by atoms with Crippen molar-refractivity contribution in [3.63, 3.8) is 0 Å². The van der Waals surface area contributed by atoms with Gasteiger partial charge in [0, 0.05) is 36.3 Å². The molecule has 134 valence electrons. The summed E-state index contributed by atoms with van der Waals surface area (Å²) in [5, 5.41) is 6.61. The van der Waals surface area contributed by atoms with Gasteiger partial charge >= 0.3 is 0 Å². The average molecular weight is 347 g/mol. The fraction of sp³-hybridized carbons (Fsp3) is 0.238. The smallest absolute Gasteiger partial charge is 0.229 e. The zero-order valence-corrected chi connectivity index (χ0v) is 15.5. The molecule has 0 bridgehead atoms. The normalized spacial score (nSPS) is 10.4. The Morgan fingerprint density at radius 3 is 2.38 bits per heavy atom. The van der Waals surface area contributed by atoms with Gasteiger partial charge in [0.1, 0.15) is 5.82 Å². The predicted octanol–water partition coefficient (Wildman–Crippen LogP) is 5.12. The number of rotatable bonds is 7. The molecule has 26 heavy (non-hydrogen) atoms. The molecule has 0 aliphatic rings. The highest BCUT2D eigenvalue weighted by molar-refractivity contribution is 5.65. The molecule has 0 fully saturated rings. The number of nitrogens with zero attached hydrogens (tertiary/aromatic N) is 3. The number of hydrogen-bond acceptors (Lipinski definition) is 5. The standard InChI is InChI=1S/C21H25N5/c1-4-26(5-2)18-11-12-19(16(3)15-18)24-21-22-14-13-20(25-21)23-17-9-7-6-8-10-17/h6-15H,4-5H2,1-3H3,(H2,22,23,24,25). The molecule has 0 aliphatic carbocycles. The van der Waals surface area contributed by atoms with Crippen molar-refractivity contribution >= 4 is 28.8 Å². The lowest BCUT2D eigenvalue weighted by molar-refractivity contribution is 0.866. The van der Waals surface area contributed by atoms with Crippen LogP contribution in [0.3, 0.4) is 0 Å².